The number of aryl methyl sites for hydroxylation is 1. The molecule has 4 atom stereocenters. The Hall–Kier alpha value is -3.61. The van der Waals surface area contributed by atoms with Crippen molar-refractivity contribution < 1.29 is 19.5 Å². The van der Waals surface area contributed by atoms with Gasteiger partial charge in [-0.3, -0.25) is 4.57 Å². The minimum atomic E-state index is -1.28. The van der Waals surface area contributed by atoms with Gasteiger partial charge >= 0.3 is 0 Å². The number of nitrogens with two attached hydrogens (primary N) is 1. The second kappa shape index (κ2) is 8.15. The molecule has 12 nitrogen and oxygen atoms in total. The maximum atomic E-state index is 10.6. The summed E-state index contributed by atoms with van der Waals surface area (Å²) >= 11 is 0. The number of rotatable bonds is 6. The molecule has 1 unspecified atom stereocenters. The van der Waals surface area contributed by atoms with Crippen LogP contribution in [0, 0.1) is 6.92 Å². The molecule has 0 saturated carbocycles. The monoisotopic (exact) mass is 438 g/mol. The van der Waals surface area contributed by atoms with E-state index >= 15 is 0 Å². The van der Waals surface area contributed by atoms with E-state index in [-0.39, 0.29) is 11.7 Å². The van der Waals surface area contributed by atoms with Gasteiger partial charge in [0.1, 0.15) is 17.7 Å². The lowest BCUT2D eigenvalue weighted by Gasteiger charge is -2.16. The van der Waals surface area contributed by atoms with Gasteiger partial charge in [-0.25, -0.2) is 4.98 Å². The van der Waals surface area contributed by atoms with Crippen molar-refractivity contribution in [2.75, 3.05) is 17.6 Å². The molecular weight excluding hydrogens is 416 g/mol. The number of nitrogen functional groups attached to an aromatic ring is 1. The van der Waals surface area contributed by atoms with E-state index in [1.165, 1.54) is 16.5 Å². The van der Waals surface area contributed by atoms with Gasteiger partial charge in [0.05, 0.1) is 6.33 Å². The summed E-state index contributed by atoms with van der Waals surface area (Å²) in [5.74, 6) is 0.991. The molecule has 12 heteroatoms. The summed E-state index contributed by atoms with van der Waals surface area (Å²) in [6.07, 6.45) is -2.32. The molecular formula is C20H22N8O4. The Balaban J connectivity index is 1.39. The summed E-state index contributed by atoms with van der Waals surface area (Å²) < 4.78 is 12.5. The van der Waals surface area contributed by atoms with Crippen LogP contribution in [0.4, 0.5) is 11.8 Å². The van der Waals surface area contributed by atoms with E-state index < -0.39 is 24.5 Å². The maximum Gasteiger partial charge on any atom is 0.258 e. The van der Waals surface area contributed by atoms with Gasteiger partial charge in [-0.05, 0) is 18.9 Å². The first kappa shape index (κ1) is 20.3. The summed E-state index contributed by atoms with van der Waals surface area (Å²) in [5.41, 5.74) is 7.98. The average molecular weight is 438 g/mol. The molecule has 0 aliphatic carbocycles. The predicted octanol–water partition coefficient (Wildman–Crippen LogP) is 0.746. The number of nitrogens with one attached hydrogen (secondary N) is 1. The van der Waals surface area contributed by atoms with Gasteiger partial charge in [-0.2, -0.15) is 15.0 Å². The Labute approximate surface area is 182 Å². The Bertz CT molecular complexity index is 1230. The fourth-order valence-corrected chi connectivity index (χ4v) is 3.69. The molecule has 166 valence electrons. The minimum absolute atomic E-state index is 0.0818. The zero-order valence-electron chi connectivity index (χ0n) is 17.2. The van der Waals surface area contributed by atoms with Crippen molar-refractivity contribution in [3.8, 4) is 0 Å². The highest BCUT2D eigenvalue weighted by atomic mass is 16.6. The highest BCUT2D eigenvalue weighted by Crippen LogP contribution is 2.39. The topological polar surface area (TPSA) is 170 Å². The lowest BCUT2D eigenvalue weighted by Crippen LogP contribution is -2.29. The first-order valence-corrected chi connectivity index (χ1v) is 10.1. The van der Waals surface area contributed by atoms with Gasteiger partial charge in [0.2, 0.25) is 5.95 Å². The number of nitrogens with zero attached hydrogens (tertiary/aromatic N) is 6. The number of imidazole rings is 1. The van der Waals surface area contributed by atoms with Gasteiger partial charge in [0.25, 0.3) is 5.89 Å². The van der Waals surface area contributed by atoms with Crippen molar-refractivity contribution >= 4 is 22.9 Å². The van der Waals surface area contributed by atoms with Crippen LogP contribution in [-0.2, 0) is 11.2 Å². The molecule has 5 rings (SSSR count). The summed E-state index contributed by atoms with van der Waals surface area (Å²) in [4.78, 5) is 17.1. The standard InChI is InChI=1S/C20H22N8O4/c1-10-24-18(32-27-10)15-13(29)14(30)19(31-15)28-9-23-12-16(21)25-20(26-17(12)28)22-8-7-11-5-3-2-4-6-11/h2-6,9,13-15,19,29-30H,7-8H2,1H3,(H3,21,22,25,26)/t13-,14+,15?,19+/m0/s1. The van der Waals surface area contributed by atoms with Crippen molar-refractivity contribution in [3.05, 3.63) is 53.9 Å². The smallest absolute Gasteiger partial charge is 0.258 e. The summed E-state index contributed by atoms with van der Waals surface area (Å²) in [7, 11) is 0. The predicted molar refractivity (Wildman–Crippen MR) is 112 cm³/mol. The number of benzene rings is 1. The molecule has 5 N–H and O–H groups in total. The molecule has 0 spiro atoms. The fraction of sp³-hybridized carbons (Fsp3) is 0.350. The zero-order chi connectivity index (χ0) is 22.2. The number of hydrogen-bond donors (Lipinski definition) is 4. The van der Waals surface area contributed by atoms with Crippen LogP contribution >= 0.6 is 0 Å². The lowest BCUT2D eigenvalue weighted by atomic mass is 10.1. The number of aliphatic hydroxyl groups is 2. The third-order valence-corrected chi connectivity index (χ3v) is 5.29. The van der Waals surface area contributed by atoms with Crippen LogP contribution < -0.4 is 11.1 Å². The molecule has 1 aromatic carbocycles. The fourth-order valence-electron chi connectivity index (χ4n) is 3.69. The summed E-state index contributed by atoms with van der Waals surface area (Å²) in [6.45, 7) is 2.25. The number of ether oxygens (including phenoxy) is 1. The van der Waals surface area contributed by atoms with Crippen molar-refractivity contribution in [2.24, 2.45) is 0 Å². The SMILES string of the molecule is Cc1noc(C2O[C@@H](n3cnc4c(N)nc(NCCc5ccccc5)nc43)[C@H](O)[C@@H]2O)n1. The molecule has 3 aromatic heterocycles. The molecule has 4 heterocycles. The summed E-state index contributed by atoms with van der Waals surface area (Å²) in [6, 6.07) is 10.0. The average Bonchev–Trinajstić information content (AvgIpc) is 3.48. The third kappa shape index (κ3) is 3.64. The van der Waals surface area contributed by atoms with Crippen molar-refractivity contribution in [1.82, 2.24) is 29.7 Å². The molecule has 0 amide bonds. The van der Waals surface area contributed by atoms with Crippen LogP contribution in [0.3, 0.4) is 0 Å². The van der Waals surface area contributed by atoms with Crippen molar-refractivity contribution in [3.63, 3.8) is 0 Å². The molecule has 4 aromatic rings. The van der Waals surface area contributed by atoms with E-state index in [1.54, 1.807) is 6.92 Å². The second-order valence-corrected chi connectivity index (χ2v) is 7.53. The molecule has 1 aliphatic rings. The Morgan fingerprint density at radius 3 is 2.69 bits per heavy atom. The van der Waals surface area contributed by atoms with Crippen molar-refractivity contribution in [1.29, 1.82) is 0 Å². The maximum absolute atomic E-state index is 10.6. The van der Waals surface area contributed by atoms with E-state index in [9.17, 15) is 10.2 Å². The molecule has 1 saturated heterocycles. The highest BCUT2D eigenvalue weighted by Gasteiger charge is 2.47. The number of hydrogen-bond acceptors (Lipinski definition) is 11. The molecule has 1 fully saturated rings. The van der Waals surface area contributed by atoms with E-state index in [2.05, 4.69) is 30.4 Å². The van der Waals surface area contributed by atoms with Gasteiger partial charge in [-0.1, -0.05) is 35.5 Å². The normalized spacial score (nSPS) is 23.1. The Morgan fingerprint density at radius 2 is 1.94 bits per heavy atom. The van der Waals surface area contributed by atoms with Crippen LogP contribution in [0.15, 0.2) is 41.2 Å². The highest BCUT2D eigenvalue weighted by molar-refractivity contribution is 5.83. The second-order valence-electron chi connectivity index (χ2n) is 7.53. The zero-order valence-corrected chi connectivity index (χ0v) is 17.2. The lowest BCUT2D eigenvalue weighted by molar-refractivity contribution is -0.0451. The van der Waals surface area contributed by atoms with Crippen LogP contribution in [0.25, 0.3) is 11.2 Å². The Morgan fingerprint density at radius 1 is 1.12 bits per heavy atom. The third-order valence-electron chi connectivity index (χ3n) is 5.29. The molecule has 0 radical (unpaired) electrons. The van der Waals surface area contributed by atoms with Gasteiger partial charge in [0, 0.05) is 6.54 Å². The first-order chi connectivity index (χ1) is 15.5. The van der Waals surface area contributed by atoms with Gasteiger partial charge in [-0.15, -0.1) is 0 Å². The number of aromatic nitrogens is 6. The number of aliphatic hydroxyl groups excluding tert-OH is 2. The van der Waals surface area contributed by atoms with Crippen molar-refractivity contribution in [2.45, 2.75) is 37.9 Å². The van der Waals surface area contributed by atoms with Gasteiger partial charge < -0.3 is 30.5 Å². The van der Waals surface area contributed by atoms with E-state index in [0.717, 1.165) is 6.42 Å². The van der Waals surface area contributed by atoms with E-state index in [0.29, 0.717) is 29.5 Å². The minimum Gasteiger partial charge on any atom is -0.387 e. The first-order valence-electron chi connectivity index (χ1n) is 10.1. The summed E-state index contributed by atoms with van der Waals surface area (Å²) in [5, 5.41) is 28.0. The molecule has 1 aliphatic heterocycles. The largest absolute Gasteiger partial charge is 0.387 e. The quantitative estimate of drug-likeness (QED) is 0.335. The van der Waals surface area contributed by atoms with Gasteiger partial charge in [0.15, 0.2) is 29.6 Å². The van der Waals surface area contributed by atoms with E-state index in [1.807, 2.05) is 30.3 Å². The molecule has 32 heavy (non-hydrogen) atoms. The van der Waals surface area contributed by atoms with Crippen LogP contribution in [0.1, 0.15) is 29.6 Å². The van der Waals surface area contributed by atoms with E-state index in [4.69, 9.17) is 15.0 Å². The van der Waals surface area contributed by atoms with Crippen LogP contribution in [-0.4, -0.2) is 58.6 Å². The molecule has 0 bridgehead atoms. The van der Waals surface area contributed by atoms with Crippen LogP contribution in [0.5, 0.6) is 0 Å². The number of fused-ring (bicyclic) bond motifs is 1. The van der Waals surface area contributed by atoms with Crippen LogP contribution in [0.2, 0.25) is 0 Å². The number of anilines is 2. The Kier molecular flexibility index (Phi) is 5.17.